The Morgan fingerprint density at radius 3 is 2.20 bits per heavy atom. The molecule has 35 heavy (non-hydrogen) atoms. The van der Waals surface area contributed by atoms with Gasteiger partial charge in [-0.25, -0.2) is 4.79 Å². The zero-order valence-corrected chi connectivity index (χ0v) is 20.0. The summed E-state index contributed by atoms with van der Waals surface area (Å²) in [5.74, 6) is -1.10. The number of ether oxygens (including phenoxy) is 1. The van der Waals surface area contributed by atoms with Gasteiger partial charge in [0.05, 0.1) is 11.8 Å². The van der Waals surface area contributed by atoms with Gasteiger partial charge in [0.25, 0.3) is 0 Å². The zero-order chi connectivity index (χ0) is 24.6. The molecular formula is C28H32N2O5. The van der Waals surface area contributed by atoms with E-state index in [2.05, 4.69) is 34.9 Å². The maximum absolute atomic E-state index is 13.2. The Morgan fingerprint density at radius 1 is 1.06 bits per heavy atom. The standard InChI is InChI=1S/C28H32N2O5/c1-2-18(14-24(31)32)30-25(33)28(16-27(28)12-7-13-27)17-29-26(34)35-15-23-21-10-5-3-8-19(21)20-9-4-6-11-22(20)23/h3-6,8-11,18,23H,2,7,12-17H2,1H3,(H,29,34)(H,30,33)(H,31,32). The van der Waals surface area contributed by atoms with Crippen LogP contribution in [0, 0.1) is 10.8 Å². The molecule has 2 amide bonds. The van der Waals surface area contributed by atoms with Gasteiger partial charge in [-0.05, 0) is 53.4 Å². The van der Waals surface area contributed by atoms with Gasteiger partial charge in [0.2, 0.25) is 5.91 Å². The number of carbonyl (C=O) groups is 3. The second kappa shape index (κ2) is 9.02. The highest BCUT2D eigenvalue weighted by Crippen LogP contribution is 2.73. The Kier molecular flexibility index (Phi) is 6.03. The summed E-state index contributed by atoms with van der Waals surface area (Å²) in [4.78, 5) is 37.1. The summed E-state index contributed by atoms with van der Waals surface area (Å²) >= 11 is 0. The lowest BCUT2D eigenvalue weighted by molar-refractivity contribution is -0.138. The number of carbonyl (C=O) groups excluding carboxylic acids is 2. The van der Waals surface area contributed by atoms with E-state index in [1.165, 1.54) is 11.1 Å². The minimum atomic E-state index is -0.933. The molecule has 3 N–H and O–H groups in total. The number of benzene rings is 2. The number of aliphatic carboxylic acids is 1. The van der Waals surface area contributed by atoms with Crippen molar-refractivity contribution in [3.05, 3.63) is 59.7 Å². The van der Waals surface area contributed by atoms with E-state index in [-0.39, 0.29) is 36.8 Å². The van der Waals surface area contributed by atoms with Gasteiger partial charge in [0.15, 0.2) is 0 Å². The average molecular weight is 477 g/mol. The predicted molar refractivity (Wildman–Crippen MR) is 131 cm³/mol. The molecule has 0 bridgehead atoms. The third-order valence-electron chi connectivity index (χ3n) is 8.40. The third-order valence-corrected chi connectivity index (χ3v) is 8.40. The van der Waals surface area contributed by atoms with Crippen LogP contribution in [-0.2, 0) is 14.3 Å². The molecule has 7 nitrogen and oxygen atoms in total. The van der Waals surface area contributed by atoms with Crippen LogP contribution in [0.5, 0.6) is 0 Å². The minimum Gasteiger partial charge on any atom is -0.481 e. The number of carboxylic acids is 1. The van der Waals surface area contributed by atoms with E-state index in [9.17, 15) is 14.4 Å². The van der Waals surface area contributed by atoms with Gasteiger partial charge in [-0.2, -0.15) is 0 Å². The van der Waals surface area contributed by atoms with Gasteiger partial charge >= 0.3 is 12.1 Å². The Labute approximate surface area is 205 Å². The predicted octanol–water partition coefficient (Wildman–Crippen LogP) is 4.46. The molecule has 2 unspecified atom stereocenters. The van der Waals surface area contributed by atoms with Crippen LogP contribution < -0.4 is 10.6 Å². The van der Waals surface area contributed by atoms with E-state index in [0.717, 1.165) is 36.8 Å². The monoisotopic (exact) mass is 476 g/mol. The molecule has 0 aliphatic heterocycles. The fourth-order valence-corrected chi connectivity index (χ4v) is 6.15. The van der Waals surface area contributed by atoms with E-state index in [1.807, 2.05) is 31.2 Å². The van der Waals surface area contributed by atoms with Crippen molar-refractivity contribution in [2.45, 2.75) is 57.4 Å². The second-order valence-electron chi connectivity index (χ2n) is 10.2. The van der Waals surface area contributed by atoms with Crippen LogP contribution in [0.3, 0.4) is 0 Å². The lowest BCUT2D eigenvalue weighted by atomic mass is 9.74. The molecule has 3 aliphatic carbocycles. The van der Waals surface area contributed by atoms with Crippen molar-refractivity contribution in [2.24, 2.45) is 10.8 Å². The number of hydrogen-bond donors (Lipinski definition) is 3. The number of rotatable bonds is 9. The molecule has 0 saturated heterocycles. The first kappa shape index (κ1) is 23.4. The zero-order valence-electron chi connectivity index (χ0n) is 20.0. The highest BCUT2D eigenvalue weighted by atomic mass is 16.5. The van der Waals surface area contributed by atoms with Crippen LogP contribution in [0.25, 0.3) is 11.1 Å². The van der Waals surface area contributed by atoms with Crippen LogP contribution in [0.4, 0.5) is 4.79 Å². The Bertz CT molecular complexity index is 1110. The van der Waals surface area contributed by atoms with Crippen LogP contribution >= 0.6 is 0 Å². The molecule has 3 aliphatic rings. The lowest BCUT2D eigenvalue weighted by Gasteiger charge is -2.33. The van der Waals surface area contributed by atoms with Gasteiger partial charge in [0.1, 0.15) is 6.61 Å². The summed E-state index contributed by atoms with van der Waals surface area (Å²) in [6.07, 6.45) is 3.63. The molecule has 7 heteroatoms. The van der Waals surface area contributed by atoms with E-state index >= 15 is 0 Å². The van der Waals surface area contributed by atoms with Gasteiger partial charge in [-0.3, -0.25) is 9.59 Å². The van der Waals surface area contributed by atoms with Crippen molar-refractivity contribution in [1.82, 2.24) is 10.6 Å². The van der Waals surface area contributed by atoms with E-state index in [0.29, 0.717) is 6.42 Å². The maximum Gasteiger partial charge on any atom is 0.407 e. The number of hydrogen-bond acceptors (Lipinski definition) is 4. The molecule has 5 rings (SSSR count). The van der Waals surface area contributed by atoms with Gasteiger partial charge in [0, 0.05) is 18.5 Å². The molecule has 2 aromatic carbocycles. The second-order valence-corrected chi connectivity index (χ2v) is 10.2. The molecule has 2 atom stereocenters. The SMILES string of the molecule is CCC(CC(=O)O)NC(=O)C1(CNC(=O)OCC2c3ccccc3-c3ccccc32)CC12CCC2. The Balaban J connectivity index is 1.22. The molecular weight excluding hydrogens is 444 g/mol. The van der Waals surface area contributed by atoms with Gasteiger partial charge in [-0.1, -0.05) is 61.9 Å². The number of carboxylic acid groups (broad SMARTS) is 1. The smallest absolute Gasteiger partial charge is 0.407 e. The molecule has 2 aromatic rings. The molecule has 0 heterocycles. The van der Waals surface area contributed by atoms with Crippen molar-refractivity contribution in [3.63, 3.8) is 0 Å². The summed E-state index contributed by atoms with van der Waals surface area (Å²) in [5.41, 5.74) is 3.89. The first-order valence-electron chi connectivity index (χ1n) is 12.5. The van der Waals surface area contributed by atoms with Crippen molar-refractivity contribution in [1.29, 1.82) is 0 Å². The normalized spacial score (nSPS) is 21.9. The van der Waals surface area contributed by atoms with Crippen molar-refractivity contribution < 1.29 is 24.2 Å². The number of fused-ring (bicyclic) bond motifs is 3. The fraction of sp³-hybridized carbons (Fsp3) is 0.464. The summed E-state index contributed by atoms with van der Waals surface area (Å²) in [7, 11) is 0. The highest BCUT2D eigenvalue weighted by Gasteiger charge is 2.73. The van der Waals surface area contributed by atoms with Gasteiger partial charge < -0.3 is 20.5 Å². The van der Waals surface area contributed by atoms with E-state index in [1.54, 1.807) is 0 Å². The molecule has 184 valence electrons. The quantitative estimate of drug-likeness (QED) is 0.496. The summed E-state index contributed by atoms with van der Waals surface area (Å²) in [5, 5.41) is 14.9. The van der Waals surface area contributed by atoms with Crippen LogP contribution in [-0.4, -0.2) is 42.3 Å². The lowest BCUT2D eigenvalue weighted by Crippen LogP contribution is -2.48. The topological polar surface area (TPSA) is 105 Å². The minimum absolute atomic E-state index is 0.0226. The summed E-state index contributed by atoms with van der Waals surface area (Å²) in [6, 6.07) is 16.0. The molecule has 0 aromatic heterocycles. The van der Waals surface area contributed by atoms with Crippen molar-refractivity contribution in [3.8, 4) is 11.1 Å². The number of alkyl carbamates (subject to hydrolysis) is 1. The first-order valence-corrected chi connectivity index (χ1v) is 12.5. The van der Waals surface area contributed by atoms with Gasteiger partial charge in [-0.15, -0.1) is 0 Å². The maximum atomic E-state index is 13.2. The van der Waals surface area contributed by atoms with Crippen LogP contribution in [0.1, 0.15) is 62.5 Å². The fourth-order valence-electron chi connectivity index (χ4n) is 6.15. The first-order chi connectivity index (χ1) is 16.9. The highest BCUT2D eigenvalue weighted by molar-refractivity contribution is 5.89. The summed E-state index contributed by atoms with van der Waals surface area (Å²) < 4.78 is 5.66. The van der Waals surface area contributed by atoms with E-state index in [4.69, 9.17) is 9.84 Å². The van der Waals surface area contributed by atoms with E-state index < -0.39 is 23.5 Å². The molecule has 0 radical (unpaired) electrons. The molecule has 2 fully saturated rings. The number of nitrogens with one attached hydrogen (secondary N) is 2. The number of amides is 2. The van der Waals surface area contributed by atoms with Crippen LogP contribution in [0.15, 0.2) is 48.5 Å². The third kappa shape index (κ3) is 4.07. The molecule has 1 spiro atoms. The average Bonchev–Trinajstić information content (AvgIpc) is 3.45. The largest absolute Gasteiger partial charge is 0.481 e. The Hall–Kier alpha value is -3.35. The van der Waals surface area contributed by atoms with Crippen LogP contribution in [0.2, 0.25) is 0 Å². The Morgan fingerprint density at radius 2 is 1.69 bits per heavy atom. The summed E-state index contributed by atoms with van der Waals surface area (Å²) in [6.45, 7) is 2.29. The van der Waals surface area contributed by atoms with Crippen molar-refractivity contribution >= 4 is 18.0 Å². The van der Waals surface area contributed by atoms with Crippen molar-refractivity contribution in [2.75, 3.05) is 13.2 Å². The molecule has 2 saturated carbocycles.